The molecule has 0 saturated carbocycles. The summed E-state index contributed by atoms with van der Waals surface area (Å²) in [6, 6.07) is 5.72. The number of hydrogen-bond acceptors (Lipinski definition) is 8. The van der Waals surface area contributed by atoms with Gasteiger partial charge in [0.05, 0.1) is 18.7 Å². The summed E-state index contributed by atoms with van der Waals surface area (Å²) in [6.07, 6.45) is 4.98. The number of hydrogen-bond donors (Lipinski definition) is 3. The molecule has 2 amide bonds. The number of anilines is 1. The van der Waals surface area contributed by atoms with E-state index in [-0.39, 0.29) is 19.1 Å². The van der Waals surface area contributed by atoms with Crippen LogP contribution in [0.25, 0.3) is 6.08 Å². The van der Waals surface area contributed by atoms with Gasteiger partial charge in [0, 0.05) is 29.9 Å². The molecule has 2 aromatic heterocycles. The monoisotopic (exact) mass is 428 g/mol. The summed E-state index contributed by atoms with van der Waals surface area (Å²) >= 11 is 1.25. The van der Waals surface area contributed by atoms with Crippen LogP contribution in [-0.2, 0) is 22.5 Å². The Hall–Kier alpha value is -3.26. The van der Waals surface area contributed by atoms with Crippen molar-refractivity contribution < 1.29 is 24.5 Å². The smallest absolute Gasteiger partial charge is 0.410 e. The van der Waals surface area contributed by atoms with Crippen LogP contribution in [0.1, 0.15) is 21.6 Å². The molecule has 0 saturated heterocycles. The molecule has 30 heavy (non-hydrogen) atoms. The summed E-state index contributed by atoms with van der Waals surface area (Å²) in [5.74, 6) is -0.372. The normalized spacial score (nSPS) is 14.1. The minimum atomic E-state index is -1.12. The van der Waals surface area contributed by atoms with Gasteiger partial charge < -0.3 is 25.2 Å². The number of amides is 2. The maximum atomic E-state index is 12.3. The van der Waals surface area contributed by atoms with Gasteiger partial charge >= 0.3 is 6.09 Å². The molecule has 0 aliphatic carbocycles. The lowest BCUT2D eigenvalue weighted by atomic mass is 10.0. The number of nitrogens with one attached hydrogen (secondary N) is 1. The zero-order chi connectivity index (χ0) is 21.5. The second-order valence-electron chi connectivity index (χ2n) is 6.51. The molecule has 1 aliphatic rings. The highest BCUT2D eigenvalue weighted by Crippen LogP contribution is 2.36. The number of thiophene rings is 1. The van der Waals surface area contributed by atoms with E-state index < -0.39 is 18.8 Å². The third kappa shape index (κ3) is 5.21. The molecule has 1 aliphatic heterocycles. The van der Waals surface area contributed by atoms with Crippen molar-refractivity contribution >= 4 is 34.4 Å². The number of aromatic nitrogens is 1. The van der Waals surface area contributed by atoms with Gasteiger partial charge in [0.25, 0.3) is 0 Å². The first-order valence-electron chi connectivity index (χ1n) is 9.16. The van der Waals surface area contributed by atoms with Crippen LogP contribution in [0.4, 0.5) is 9.80 Å². The molecule has 0 radical (unpaired) electrons. The topological polar surface area (TPSA) is 136 Å². The molecule has 2 aromatic rings. The number of aliphatic hydroxyl groups is 2. The van der Waals surface area contributed by atoms with E-state index in [9.17, 15) is 20.0 Å². The van der Waals surface area contributed by atoms with Crippen molar-refractivity contribution in [2.45, 2.75) is 19.1 Å². The van der Waals surface area contributed by atoms with E-state index in [2.05, 4.69) is 16.4 Å². The van der Waals surface area contributed by atoms with Crippen molar-refractivity contribution in [2.75, 3.05) is 25.1 Å². The molecule has 156 valence electrons. The summed E-state index contributed by atoms with van der Waals surface area (Å²) < 4.78 is 4.98. The van der Waals surface area contributed by atoms with Gasteiger partial charge in [0.2, 0.25) is 5.91 Å². The summed E-state index contributed by atoms with van der Waals surface area (Å²) in [7, 11) is 0. The van der Waals surface area contributed by atoms with Gasteiger partial charge in [-0.05, 0) is 29.7 Å². The maximum absolute atomic E-state index is 12.3. The maximum Gasteiger partial charge on any atom is 0.410 e. The summed E-state index contributed by atoms with van der Waals surface area (Å²) in [4.78, 5) is 30.6. The first-order valence-corrected chi connectivity index (χ1v) is 9.97. The first-order chi connectivity index (χ1) is 14.5. The fourth-order valence-corrected chi connectivity index (χ4v) is 4.09. The van der Waals surface area contributed by atoms with Crippen LogP contribution in [-0.4, -0.2) is 58.0 Å². The molecule has 0 bridgehead atoms. The van der Waals surface area contributed by atoms with Gasteiger partial charge in [0.15, 0.2) is 0 Å². The van der Waals surface area contributed by atoms with Crippen molar-refractivity contribution in [1.82, 2.24) is 9.88 Å². The van der Waals surface area contributed by atoms with Gasteiger partial charge in [-0.15, -0.1) is 11.3 Å². The molecule has 0 fully saturated rings. The number of pyridine rings is 1. The Labute approximate surface area is 176 Å². The Balaban J connectivity index is 1.67. The zero-order valence-corrected chi connectivity index (χ0v) is 16.8. The minimum absolute atomic E-state index is 0.240. The highest BCUT2D eigenvalue weighted by atomic mass is 32.1. The van der Waals surface area contributed by atoms with Crippen molar-refractivity contribution in [3.63, 3.8) is 0 Å². The first kappa shape index (κ1) is 21.4. The lowest BCUT2D eigenvalue weighted by Gasteiger charge is -2.26. The van der Waals surface area contributed by atoms with Crippen LogP contribution in [0.5, 0.6) is 0 Å². The van der Waals surface area contributed by atoms with Gasteiger partial charge in [-0.3, -0.25) is 9.78 Å². The minimum Gasteiger partial charge on any atom is -0.447 e. The molecule has 3 N–H and O–H groups in total. The number of ether oxygens (including phenoxy) is 1. The third-order valence-corrected chi connectivity index (χ3v) is 5.52. The summed E-state index contributed by atoms with van der Waals surface area (Å²) in [5, 5.41) is 30.8. The SMILES string of the molecule is N#Cc1c(NC(=O)C=Cc2cccnc2)sc2c1CCN(C(=O)OCC(O)CO)C2. The second-order valence-corrected chi connectivity index (χ2v) is 7.62. The van der Waals surface area contributed by atoms with E-state index in [0.29, 0.717) is 23.5 Å². The van der Waals surface area contributed by atoms with Gasteiger partial charge in [-0.25, -0.2) is 4.79 Å². The van der Waals surface area contributed by atoms with Gasteiger partial charge in [-0.2, -0.15) is 5.26 Å². The molecule has 0 spiro atoms. The molecule has 1 atom stereocenters. The predicted octanol–water partition coefficient (Wildman–Crippen LogP) is 1.51. The van der Waals surface area contributed by atoms with Crippen molar-refractivity contribution in [3.8, 4) is 6.07 Å². The van der Waals surface area contributed by atoms with Crippen molar-refractivity contribution in [3.05, 3.63) is 52.2 Å². The fraction of sp³-hybridized carbons (Fsp3) is 0.300. The molecule has 10 heteroatoms. The molecule has 0 aromatic carbocycles. The van der Waals surface area contributed by atoms with Crippen LogP contribution in [0.15, 0.2) is 30.6 Å². The molecule has 1 unspecified atom stereocenters. The lowest BCUT2D eigenvalue weighted by molar-refractivity contribution is -0.111. The number of fused-ring (bicyclic) bond motifs is 1. The van der Waals surface area contributed by atoms with Crippen LogP contribution in [0.2, 0.25) is 0 Å². The predicted molar refractivity (Wildman–Crippen MR) is 109 cm³/mol. The number of carbonyl (C=O) groups excluding carboxylic acids is 2. The molecule has 3 heterocycles. The Morgan fingerprint density at radius 2 is 2.33 bits per heavy atom. The molecule has 9 nitrogen and oxygen atoms in total. The number of nitrogens with zero attached hydrogens (tertiary/aromatic N) is 3. The highest BCUT2D eigenvalue weighted by Gasteiger charge is 2.28. The Kier molecular flexibility index (Phi) is 7.13. The van der Waals surface area contributed by atoms with Crippen molar-refractivity contribution in [1.29, 1.82) is 5.26 Å². The van der Waals surface area contributed by atoms with E-state index >= 15 is 0 Å². The van der Waals surface area contributed by atoms with Gasteiger partial charge in [-0.1, -0.05) is 6.07 Å². The zero-order valence-electron chi connectivity index (χ0n) is 15.9. The number of nitriles is 1. The quantitative estimate of drug-likeness (QED) is 0.594. The lowest BCUT2D eigenvalue weighted by Crippen LogP contribution is -2.37. The Morgan fingerprint density at radius 1 is 1.50 bits per heavy atom. The van der Waals surface area contributed by atoms with Crippen molar-refractivity contribution in [2.24, 2.45) is 0 Å². The van der Waals surface area contributed by atoms with Crippen LogP contribution in [0, 0.1) is 11.3 Å². The number of aliphatic hydroxyl groups excluding tert-OH is 2. The van der Waals surface area contributed by atoms with E-state index in [1.54, 1.807) is 24.5 Å². The summed E-state index contributed by atoms with van der Waals surface area (Å²) in [5.41, 5.74) is 1.99. The molecular formula is C20H20N4O5S. The fourth-order valence-electron chi connectivity index (χ4n) is 2.88. The standard InChI is InChI=1S/C20H20N4O5S/c21-8-16-15-5-7-24(20(28)29-12-14(26)11-25)10-17(15)30-19(16)23-18(27)4-3-13-2-1-6-22-9-13/h1-4,6,9,14,25-26H,5,7,10-12H2,(H,23,27). The largest absolute Gasteiger partial charge is 0.447 e. The second kappa shape index (κ2) is 9.98. The third-order valence-electron chi connectivity index (χ3n) is 4.39. The van der Waals surface area contributed by atoms with E-state index in [0.717, 1.165) is 16.0 Å². The highest BCUT2D eigenvalue weighted by molar-refractivity contribution is 7.16. The van der Waals surface area contributed by atoms with E-state index in [1.807, 2.05) is 6.07 Å². The van der Waals surface area contributed by atoms with E-state index in [4.69, 9.17) is 9.84 Å². The molecule has 3 rings (SSSR count). The van der Waals surface area contributed by atoms with Crippen LogP contribution >= 0.6 is 11.3 Å². The van der Waals surface area contributed by atoms with Crippen LogP contribution in [0.3, 0.4) is 0 Å². The Morgan fingerprint density at radius 3 is 3.03 bits per heavy atom. The van der Waals surface area contributed by atoms with Gasteiger partial charge in [0.1, 0.15) is 23.8 Å². The van der Waals surface area contributed by atoms with E-state index in [1.165, 1.54) is 22.3 Å². The van der Waals surface area contributed by atoms with Crippen LogP contribution < -0.4 is 5.32 Å². The summed E-state index contributed by atoms with van der Waals surface area (Å²) in [6.45, 7) is -0.200. The number of carbonyl (C=O) groups is 2. The number of rotatable bonds is 6. The average molecular weight is 428 g/mol. The molecular weight excluding hydrogens is 408 g/mol. The average Bonchev–Trinajstić information content (AvgIpc) is 3.12. The Bertz CT molecular complexity index is 983.